The molecule has 0 aliphatic heterocycles. The highest BCUT2D eigenvalue weighted by Crippen LogP contribution is 2.15. The SMILES string of the molecule is CC(C)CC(C(=O)NN)N(C)C(=O)OC(C)(C)C. The molecule has 0 rings (SSSR count). The van der Waals surface area contributed by atoms with Gasteiger partial charge in [-0.05, 0) is 33.1 Å². The number of nitrogens with two attached hydrogens (primary N) is 1. The third-order valence-electron chi connectivity index (χ3n) is 2.29. The first kappa shape index (κ1) is 16.7. The summed E-state index contributed by atoms with van der Waals surface area (Å²) in [5.74, 6) is 5.01. The molecule has 1 unspecified atom stereocenters. The molecule has 0 aromatic carbocycles. The summed E-state index contributed by atoms with van der Waals surface area (Å²) in [5.41, 5.74) is 1.49. The molecular weight excluding hydrogens is 234 g/mol. The second-order valence-electron chi connectivity index (χ2n) is 5.75. The van der Waals surface area contributed by atoms with Gasteiger partial charge in [0.05, 0.1) is 0 Å². The Morgan fingerprint density at radius 1 is 1.33 bits per heavy atom. The molecule has 3 N–H and O–H groups in total. The van der Waals surface area contributed by atoms with E-state index in [2.05, 4.69) is 5.43 Å². The molecule has 18 heavy (non-hydrogen) atoms. The standard InChI is InChI=1S/C12H25N3O3/c1-8(2)7-9(10(16)14-13)15(6)11(17)18-12(3,4)5/h8-9H,7,13H2,1-6H3,(H,14,16). The quantitative estimate of drug-likeness (QED) is 0.452. The topological polar surface area (TPSA) is 84.7 Å². The fourth-order valence-electron chi connectivity index (χ4n) is 1.44. The summed E-state index contributed by atoms with van der Waals surface area (Å²) < 4.78 is 5.22. The Morgan fingerprint density at radius 2 is 1.83 bits per heavy atom. The van der Waals surface area contributed by atoms with Gasteiger partial charge in [0.2, 0.25) is 0 Å². The maximum atomic E-state index is 11.9. The van der Waals surface area contributed by atoms with Crippen LogP contribution in [0.4, 0.5) is 4.79 Å². The van der Waals surface area contributed by atoms with Crippen molar-refractivity contribution in [3.63, 3.8) is 0 Å². The first-order chi connectivity index (χ1) is 8.08. The van der Waals surface area contributed by atoms with Crippen molar-refractivity contribution in [1.82, 2.24) is 10.3 Å². The monoisotopic (exact) mass is 259 g/mol. The van der Waals surface area contributed by atoms with Gasteiger partial charge in [-0.1, -0.05) is 13.8 Å². The van der Waals surface area contributed by atoms with Crippen LogP contribution in [0.25, 0.3) is 0 Å². The van der Waals surface area contributed by atoms with E-state index in [1.807, 2.05) is 13.8 Å². The van der Waals surface area contributed by atoms with Gasteiger partial charge in [0.15, 0.2) is 0 Å². The van der Waals surface area contributed by atoms with E-state index < -0.39 is 23.6 Å². The van der Waals surface area contributed by atoms with Gasteiger partial charge in [0.1, 0.15) is 11.6 Å². The van der Waals surface area contributed by atoms with Crippen LogP contribution in [0.3, 0.4) is 0 Å². The van der Waals surface area contributed by atoms with Crippen LogP contribution in [0, 0.1) is 5.92 Å². The summed E-state index contributed by atoms with van der Waals surface area (Å²) in [6, 6.07) is -0.621. The lowest BCUT2D eigenvalue weighted by Gasteiger charge is -2.30. The van der Waals surface area contributed by atoms with Crippen LogP contribution in [0.1, 0.15) is 41.0 Å². The van der Waals surface area contributed by atoms with Crippen LogP contribution in [0.15, 0.2) is 0 Å². The number of hydrazine groups is 1. The minimum Gasteiger partial charge on any atom is -0.444 e. The Labute approximate surface area is 109 Å². The van der Waals surface area contributed by atoms with Crippen molar-refractivity contribution in [1.29, 1.82) is 0 Å². The smallest absolute Gasteiger partial charge is 0.410 e. The summed E-state index contributed by atoms with van der Waals surface area (Å²) in [6.07, 6.45) is -0.00422. The molecule has 0 heterocycles. The molecule has 2 amide bonds. The van der Waals surface area contributed by atoms with Crippen molar-refractivity contribution in [3.05, 3.63) is 0 Å². The predicted molar refractivity (Wildman–Crippen MR) is 69.6 cm³/mol. The number of amides is 2. The molecule has 0 aromatic heterocycles. The number of carbonyl (C=O) groups excluding carboxylic acids is 2. The molecule has 0 aliphatic carbocycles. The number of nitrogens with one attached hydrogen (secondary N) is 1. The number of nitrogens with zero attached hydrogens (tertiary/aromatic N) is 1. The molecule has 6 heteroatoms. The van der Waals surface area contributed by atoms with Crippen LogP contribution < -0.4 is 11.3 Å². The first-order valence-electron chi connectivity index (χ1n) is 6.04. The van der Waals surface area contributed by atoms with Gasteiger partial charge in [-0.25, -0.2) is 10.6 Å². The number of carbonyl (C=O) groups is 2. The first-order valence-corrected chi connectivity index (χ1v) is 6.04. The van der Waals surface area contributed by atoms with Crippen molar-refractivity contribution in [2.24, 2.45) is 11.8 Å². The molecule has 0 radical (unpaired) electrons. The van der Waals surface area contributed by atoms with Gasteiger partial charge in [-0.15, -0.1) is 0 Å². The van der Waals surface area contributed by atoms with Crippen LogP contribution in [0.5, 0.6) is 0 Å². The highest BCUT2D eigenvalue weighted by atomic mass is 16.6. The van der Waals surface area contributed by atoms with Crippen molar-refractivity contribution >= 4 is 12.0 Å². The maximum Gasteiger partial charge on any atom is 0.410 e. The lowest BCUT2D eigenvalue weighted by Crippen LogP contribution is -2.51. The summed E-state index contributed by atoms with van der Waals surface area (Å²) in [4.78, 5) is 24.8. The number of likely N-dealkylation sites (N-methyl/N-ethyl adjacent to an activating group) is 1. The minimum atomic E-state index is -0.621. The van der Waals surface area contributed by atoms with Gasteiger partial charge in [-0.3, -0.25) is 15.1 Å². The van der Waals surface area contributed by atoms with E-state index in [1.54, 1.807) is 20.8 Å². The van der Waals surface area contributed by atoms with Crippen LogP contribution >= 0.6 is 0 Å². The summed E-state index contributed by atoms with van der Waals surface area (Å²) in [5, 5.41) is 0. The molecule has 1 atom stereocenters. The molecule has 0 bridgehead atoms. The highest BCUT2D eigenvalue weighted by Gasteiger charge is 2.30. The van der Waals surface area contributed by atoms with Crippen molar-refractivity contribution in [2.45, 2.75) is 52.7 Å². The maximum absolute atomic E-state index is 11.9. The van der Waals surface area contributed by atoms with Crippen LogP contribution in [-0.2, 0) is 9.53 Å². The number of hydrogen-bond acceptors (Lipinski definition) is 4. The fraction of sp³-hybridized carbons (Fsp3) is 0.833. The zero-order valence-electron chi connectivity index (χ0n) is 12.1. The highest BCUT2D eigenvalue weighted by molar-refractivity contribution is 5.85. The number of rotatable bonds is 4. The molecule has 0 saturated heterocycles. The zero-order chi connectivity index (χ0) is 14.5. The Hall–Kier alpha value is -1.30. The molecule has 0 spiro atoms. The number of hydrogen-bond donors (Lipinski definition) is 2. The van der Waals surface area contributed by atoms with Crippen LogP contribution in [-0.4, -0.2) is 35.6 Å². The molecule has 0 aliphatic rings. The van der Waals surface area contributed by atoms with Crippen molar-refractivity contribution in [2.75, 3.05) is 7.05 Å². The lowest BCUT2D eigenvalue weighted by atomic mass is 10.0. The van der Waals surface area contributed by atoms with Gasteiger partial charge < -0.3 is 4.74 Å². The third-order valence-corrected chi connectivity index (χ3v) is 2.29. The van der Waals surface area contributed by atoms with Gasteiger partial charge in [-0.2, -0.15) is 0 Å². The average molecular weight is 259 g/mol. The Balaban J connectivity index is 4.79. The normalized spacial score (nSPS) is 13.1. The minimum absolute atomic E-state index is 0.261. The van der Waals surface area contributed by atoms with E-state index in [1.165, 1.54) is 11.9 Å². The van der Waals surface area contributed by atoms with Gasteiger partial charge in [0, 0.05) is 7.05 Å². The molecule has 0 fully saturated rings. The lowest BCUT2D eigenvalue weighted by molar-refractivity contribution is -0.126. The fourth-order valence-corrected chi connectivity index (χ4v) is 1.44. The number of ether oxygens (including phenoxy) is 1. The third kappa shape index (κ3) is 5.86. The molecule has 0 saturated carbocycles. The van der Waals surface area contributed by atoms with Crippen molar-refractivity contribution < 1.29 is 14.3 Å². The zero-order valence-corrected chi connectivity index (χ0v) is 12.1. The predicted octanol–water partition coefficient (Wildman–Crippen LogP) is 1.26. The molecular formula is C12H25N3O3. The Bertz CT molecular complexity index is 297. The van der Waals surface area contributed by atoms with E-state index in [4.69, 9.17) is 10.6 Å². The Morgan fingerprint density at radius 3 is 2.17 bits per heavy atom. The average Bonchev–Trinajstić information content (AvgIpc) is 2.21. The van der Waals surface area contributed by atoms with E-state index >= 15 is 0 Å². The van der Waals surface area contributed by atoms with Crippen molar-refractivity contribution in [3.8, 4) is 0 Å². The van der Waals surface area contributed by atoms with E-state index in [0.29, 0.717) is 6.42 Å². The Kier molecular flexibility index (Phi) is 6.11. The summed E-state index contributed by atoms with van der Waals surface area (Å²) >= 11 is 0. The van der Waals surface area contributed by atoms with Gasteiger partial charge in [0.25, 0.3) is 5.91 Å². The summed E-state index contributed by atoms with van der Waals surface area (Å²) in [7, 11) is 1.54. The van der Waals surface area contributed by atoms with E-state index in [-0.39, 0.29) is 5.92 Å². The second kappa shape index (κ2) is 6.58. The largest absolute Gasteiger partial charge is 0.444 e. The second-order valence-corrected chi connectivity index (χ2v) is 5.75. The van der Waals surface area contributed by atoms with E-state index in [0.717, 1.165) is 0 Å². The molecule has 6 nitrogen and oxygen atoms in total. The van der Waals surface area contributed by atoms with E-state index in [9.17, 15) is 9.59 Å². The van der Waals surface area contributed by atoms with Gasteiger partial charge >= 0.3 is 6.09 Å². The molecule has 0 aromatic rings. The van der Waals surface area contributed by atoms with Crippen LogP contribution in [0.2, 0.25) is 0 Å². The summed E-state index contributed by atoms with van der Waals surface area (Å²) in [6.45, 7) is 9.27. The molecule has 106 valence electrons.